The van der Waals surface area contributed by atoms with Gasteiger partial charge < -0.3 is 10.6 Å². The van der Waals surface area contributed by atoms with E-state index in [2.05, 4.69) is 42.7 Å². The third-order valence-corrected chi connectivity index (χ3v) is 7.75. The van der Waals surface area contributed by atoms with Crippen molar-refractivity contribution in [3.05, 3.63) is 40.6 Å². The summed E-state index contributed by atoms with van der Waals surface area (Å²) in [6.07, 6.45) is 9.46. The van der Waals surface area contributed by atoms with E-state index in [1.807, 2.05) is 13.8 Å². The fraction of sp³-hybridized carbons (Fsp3) is 0.600. The normalized spacial score (nSPS) is 31.3. The molecule has 29 heavy (non-hydrogen) atoms. The lowest BCUT2D eigenvalue weighted by Gasteiger charge is -2.59. The fourth-order valence-corrected chi connectivity index (χ4v) is 6.84. The second-order valence-electron chi connectivity index (χ2n) is 10.1. The molecular formula is C25H33N3O. The summed E-state index contributed by atoms with van der Waals surface area (Å²) in [5.74, 6) is 2.29. The van der Waals surface area contributed by atoms with Gasteiger partial charge in [0.05, 0.1) is 0 Å². The van der Waals surface area contributed by atoms with Crippen molar-refractivity contribution in [3.8, 4) is 6.07 Å². The van der Waals surface area contributed by atoms with Gasteiger partial charge in [-0.2, -0.15) is 5.26 Å². The SMILES string of the molecule is Cc1cc(C)c(N/C=C(/C#N)C(=O)NC(C)C23CC4CC(CC(C4)C2)C3)c(C)c1. The summed E-state index contributed by atoms with van der Waals surface area (Å²) < 4.78 is 0. The van der Waals surface area contributed by atoms with Gasteiger partial charge in [0, 0.05) is 17.9 Å². The van der Waals surface area contributed by atoms with Crippen LogP contribution in [-0.2, 0) is 4.79 Å². The maximum atomic E-state index is 12.9. The van der Waals surface area contributed by atoms with Crippen LogP contribution in [0.15, 0.2) is 23.9 Å². The maximum absolute atomic E-state index is 12.9. The number of anilines is 1. The first-order valence-electron chi connectivity index (χ1n) is 11.0. The van der Waals surface area contributed by atoms with E-state index in [9.17, 15) is 10.1 Å². The third kappa shape index (κ3) is 3.80. The van der Waals surface area contributed by atoms with E-state index < -0.39 is 0 Å². The molecule has 4 fully saturated rings. The van der Waals surface area contributed by atoms with Crippen LogP contribution in [-0.4, -0.2) is 11.9 Å². The van der Waals surface area contributed by atoms with Crippen LogP contribution in [0.1, 0.15) is 62.1 Å². The molecule has 4 saturated carbocycles. The topological polar surface area (TPSA) is 64.9 Å². The van der Waals surface area contributed by atoms with Crippen LogP contribution in [0.5, 0.6) is 0 Å². The first-order chi connectivity index (χ1) is 13.8. The molecule has 0 aliphatic heterocycles. The van der Waals surface area contributed by atoms with Crippen LogP contribution < -0.4 is 10.6 Å². The average molecular weight is 392 g/mol. The quantitative estimate of drug-likeness (QED) is 0.539. The summed E-state index contributed by atoms with van der Waals surface area (Å²) in [7, 11) is 0. The number of nitriles is 1. The third-order valence-electron chi connectivity index (χ3n) is 7.75. The van der Waals surface area contributed by atoms with Crippen molar-refractivity contribution in [1.29, 1.82) is 5.26 Å². The van der Waals surface area contributed by atoms with Crippen LogP contribution in [0.3, 0.4) is 0 Å². The first kappa shape index (κ1) is 20.0. The Bertz CT molecular complexity index is 834. The lowest BCUT2D eigenvalue weighted by molar-refractivity contribution is -0.122. The Morgan fingerprint density at radius 1 is 1.10 bits per heavy atom. The van der Waals surface area contributed by atoms with Crippen molar-refractivity contribution in [2.24, 2.45) is 23.2 Å². The Hall–Kier alpha value is -2.28. The summed E-state index contributed by atoms with van der Waals surface area (Å²) in [5.41, 5.74) is 4.77. The van der Waals surface area contributed by atoms with E-state index in [4.69, 9.17) is 0 Å². The Kier molecular flexibility index (Phi) is 5.19. The largest absolute Gasteiger partial charge is 0.360 e. The van der Waals surface area contributed by atoms with Crippen molar-refractivity contribution in [2.75, 3.05) is 5.32 Å². The van der Waals surface area contributed by atoms with Crippen LogP contribution in [0.2, 0.25) is 0 Å². The molecule has 1 aromatic rings. The highest BCUT2D eigenvalue weighted by Gasteiger charge is 2.53. The molecule has 0 saturated heterocycles. The molecule has 2 N–H and O–H groups in total. The van der Waals surface area contributed by atoms with Gasteiger partial charge >= 0.3 is 0 Å². The van der Waals surface area contributed by atoms with E-state index in [1.54, 1.807) is 6.20 Å². The molecule has 5 rings (SSSR count). The minimum Gasteiger partial charge on any atom is -0.360 e. The number of hydrogen-bond donors (Lipinski definition) is 2. The molecule has 1 atom stereocenters. The summed E-state index contributed by atoms with van der Waals surface area (Å²) in [4.78, 5) is 12.9. The Morgan fingerprint density at radius 3 is 2.10 bits per heavy atom. The van der Waals surface area contributed by atoms with Crippen LogP contribution in [0.25, 0.3) is 0 Å². The number of nitrogens with one attached hydrogen (secondary N) is 2. The lowest BCUT2D eigenvalue weighted by Crippen LogP contribution is -2.56. The zero-order valence-electron chi connectivity index (χ0n) is 18.1. The Labute approximate surface area is 174 Å². The minimum atomic E-state index is -0.259. The molecule has 4 aliphatic rings. The van der Waals surface area contributed by atoms with Gasteiger partial charge in [-0.25, -0.2) is 0 Å². The van der Waals surface area contributed by atoms with Gasteiger partial charge in [-0.3, -0.25) is 4.79 Å². The molecule has 4 bridgehead atoms. The summed E-state index contributed by atoms with van der Waals surface area (Å²) in [5, 5.41) is 16.0. The molecule has 4 nitrogen and oxygen atoms in total. The maximum Gasteiger partial charge on any atom is 0.263 e. The monoisotopic (exact) mass is 391 g/mol. The van der Waals surface area contributed by atoms with Gasteiger partial charge in [-0.15, -0.1) is 0 Å². The molecule has 154 valence electrons. The van der Waals surface area contributed by atoms with E-state index >= 15 is 0 Å². The number of carbonyl (C=O) groups is 1. The Morgan fingerprint density at radius 2 is 1.62 bits per heavy atom. The first-order valence-corrected chi connectivity index (χ1v) is 11.0. The number of nitrogens with zero attached hydrogens (tertiary/aromatic N) is 1. The van der Waals surface area contributed by atoms with Crippen molar-refractivity contribution in [1.82, 2.24) is 5.32 Å². The number of hydrogen-bond acceptors (Lipinski definition) is 3. The predicted octanol–water partition coefficient (Wildman–Crippen LogP) is 5.15. The van der Waals surface area contributed by atoms with Gasteiger partial charge in [0.1, 0.15) is 11.6 Å². The molecule has 1 unspecified atom stereocenters. The summed E-state index contributed by atoms with van der Waals surface area (Å²) in [6.45, 7) is 8.30. The number of amides is 1. The molecule has 0 radical (unpaired) electrons. The van der Waals surface area contributed by atoms with Gasteiger partial charge in [-0.05, 0) is 101 Å². The zero-order valence-corrected chi connectivity index (χ0v) is 18.1. The highest BCUT2D eigenvalue weighted by atomic mass is 16.1. The molecule has 1 amide bonds. The van der Waals surface area contributed by atoms with E-state index in [0.717, 1.165) is 34.6 Å². The van der Waals surface area contributed by atoms with Crippen LogP contribution in [0, 0.1) is 55.3 Å². The average Bonchev–Trinajstić information content (AvgIpc) is 2.62. The van der Waals surface area contributed by atoms with E-state index in [-0.39, 0.29) is 22.9 Å². The van der Waals surface area contributed by atoms with Gasteiger partial charge in [-0.1, -0.05) is 17.7 Å². The Balaban J connectivity index is 1.46. The van der Waals surface area contributed by atoms with Crippen molar-refractivity contribution in [2.45, 2.75) is 72.3 Å². The van der Waals surface area contributed by atoms with E-state index in [1.165, 1.54) is 44.1 Å². The number of benzene rings is 1. The predicted molar refractivity (Wildman–Crippen MR) is 116 cm³/mol. The minimum absolute atomic E-state index is 0.114. The molecular weight excluding hydrogens is 358 g/mol. The summed E-state index contributed by atoms with van der Waals surface area (Å²) >= 11 is 0. The molecule has 0 spiro atoms. The highest BCUT2D eigenvalue weighted by molar-refractivity contribution is 5.97. The van der Waals surface area contributed by atoms with Crippen molar-refractivity contribution >= 4 is 11.6 Å². The van der Waals surface area contributed by atoms with Crippen molar-refractivity contribution < 1.29 is 4.79 Å². The van der Waals surface area contributed by atoms with Gasteiger partial charge in [0.25, 0.3) is 5.91 Å². The smallest absolute Gasteiger partial charge is 0.263 e. The molecule has 0 aromatic heterocycles. The second-order valence-corrected chi connectivity index (χ2v) is 10.1. The van der Waals surface area contributed by atoms with Gasteiger partial charge in [0.15, 0.2) is 0 Å². The van der Waals surface area contributed by atoms with Crippen molar-refractivity contribution in [3.63, 3.8) is 0 Å². The molecule has 4 heteroatoms. The van der Waals surface area contributed by atoms with Crippen LogP contribution in [0.4, 0.5) is 5.69 Å². The second kappa shape index (κ2) is 7.52. The van der Waals surface area contributed by atoms with Crippen LogP contribution >= 0.6 is 0 Å². The van der Waals surface area contributed by atoms with Gasteiger partial charge in [0.2, 0.25) is 0 Å². The fourth-order valence-electron chi connectivity index (χ4n) is 6.84. The number of rotatable bonds is 5. The molecule has 0 heterocycles. The number of aryl methyl sites for hydroxylation is 3. The number of carbonyl (C=O) groups excluding carboxylic acids is 1. The standard InChI is InChI=1S/C25H33N3O/c1-15-5-16(2)23(17(3)6-15)27-14-22(13-26)24(29)28-18(4)25-10-19-7-20(11-25)9-21(8-19)12-25/h5-6,14,18-21,27H,7-12H2,1-4H3,(H,28,29)/b22-14-. The lowest BCUT2D eigenvalue weighted by atomic mass is 9.48. The zero-order chi connectivity index (χ0) is 20.8. The molecule has 1 aromatic carbocycles. The van der Waals surface area contributed by atoms with E-state index in [0.29, 0.717) is 0 Å². The molecule has 4 aliphatic carbocycles. The highest BCUT2D eigenvalue weighted by Crippen LogP contribution is 2.61. The summed E-state index contributed by atoms with van der Waals surface area (Å²) in [6, 6.07) is 6.41.